The highest BCUT2D eigenvalue weighted by molar-refractivity contribution is 7.89. The van der Waals surface area contributed by atoms with Crippen molar-refractivity contribution in [2.24, 2.45) is 7.05 Å². The number of carbonyl (C=O) groups is 1. The monoisotopic (exact) mass is 927 g/mol. The van der Waals surface area contributed by atoms with Crippen molar-refractivity contribution in [2.45, 2.75) is 43.6 Å². The fraction of sp³-hybridized carbons (Fsp3) is 0.257. The number of aliphatic hydroxyl groups is 1. The maximum absolute atomic E-state index is 13.9. The van der Waals surface area contributed by atoms with Crippen LogP contribution in [0.3, 0.4) is 0 Å². The van der Waals surface area contributed by atoms with Crippen molar-refractivity contribution in [3.05, 3.63) is 116 Å². The van der Waals surface area contributed by atoms with Crippen LogP contribution in [0.5, 0.6) is 5.75 Å². The molecule has 3 aromatic carbocycles. The summed E-state index contributed by atoms with van der Waals surface area (Å²) in [7, 11) is -19.4. The number of nitrogens with one attached hydrogen (secondary N) is 2. The summed E-state index contributed by atoms with van der Waals surface area (Å²) in [6.45, 7) is 1.81. The lowest BCUT2D eigenvalue weighted by Gasteiger charge is -2.19. The maximum atomic E-state index is 13.9. The molecule has 22 nitrogen and oxygen atoms in total. The molecule has 0 amide bonds. The van der Waals surface area contributed by atoms with Gasteiger partial charge in [-0.1, -0.05) is 42.5 Å². The number of aryl methyl sites for hydroxylation is 2. The Morgan fingerprint density at radius 3 is 2.21 bits per heavy atom. The van der Waals surface area contributed by atoms with E-state index in [4.69, 9.17) is 19.3 Å². The number of para-hydroxylation sites is 2. The molecule has 0 radical (unpaired) electrons. The summed E-state index contributed by atoms with van der Waals surface area (Å²) in [6, 6.07) is 17.5. The summed E-state index contributed by atoms with van der Waals surface area (Å²) in [5, 5.41) is 11.7. The van der Waals surface area contributed by atoms with Gasteiger partial charge >= 0.3 is 35.1 Å². The summed E-state index contributed by atoms with van der Waals surface area (Å²) >= 11 is 0. The van der Waals surface area contributed by atoms with Gasteiger partial charge in [0.1, 0.15) is 25.1 Å². The van der Waals surface area contributed by atoms with E-state index in [1.54, 1.807) is 31.2 Å². The van der Waals surface area contributed by atoms with Gasteiger partial charge < -0.3 is 34.2 Å². The Hall–Kier alpha value is -4.54. The van der Waals surface area contributed by atoms with E-state index < -0.39 is 75.8 Å². The lowest BCUT2D eigenvalue weighted by molar-refractivity contribution is -0.617. The van der Waals surface area contributed by atoms with Gasteiger partial charge in [-0.05, 0) is 37.6 Å². The molecule has 6 rings (SSSR count). The number of hydrogen-bond acceptors (Lipinski definition) is 14. The summed E-state index contributed by atoms with van der Waals surface area (Å²) in [4.78, 5) is 77.5. The molecule has 326 valence electrons. The number of aromatic nitrogens is 3. The van der Waals surface area contributed by atoms with Crippen LogP contribution in [0.2, 0.25) is 0 Å². The second-order valence-electron chi connectivity index (χ2n) is 13.5. The quantitative estimate of drug-likeness (QED) is 0.0261. The van der Waals surface area contributed by atoms with Gasteiger partial charge in [-0.2, -0.15) is 13.2 Å². The van der Waals surface area contributed by atoms with Crippen molar-refractivity contribution in [1.29, 1.82) is 0 Å². The predicted molar refractivity (Wildman–Crippen MR) is 213 cm³/mol. The highest BCUT2D eigenvalue weighted by Gasteiger charge is 2.43. The minimum absolute atomic E-state index is 0.0501. The van der Waals surface area contributed by atoms with Crippen LogP contribution in [0.4, 0.5) is 0 Å². The average molecular weight is 928 g/mol. The molecule has 5 aromatic rings. The van der Waals surface area contributed by atoms with Gasteiger partial charge in [0, 0.05) is 36.9 Å². The summed E-state index contributed by atoms with van der Waals surface area (Å²) < 4.78 is 90.1. The Labute approximate surface area is 345 Å². The number of hydrogen-bond donors (Lipinski definition) is 7. The second-order valence-corrected chi connectivity index (χ2v) is 19.7. The Morgan fingerprint density at radius 2 is 1.59 bits per heavy atom. The second kappa shape index (κ2) is 17.7. The number of sulfonamides is 1. The van der Waals surface area contributed by atoms with E-state index in [2.05, 4.69) is 22.9 Å². The standard InChI is InChI=1S/C35H37N4O18P3S/c1-20-14-15-29(21(2)32(20)55-34(42)31-23-10-4-6-12-25(23)38(3)26-13-7-5-11-24(26)31)61(51,52)36-16-8-9-22-18-39(35(43)37-33(22)41)30-17-27(40)28(54-30)19-53-59(47,48)57-60(49,50)56-58(44,45)46/h4-15,18,27-28,30,36,40H,16-17,19H2,1-3H3,(H4-,37,41,43,44,45,46,47,48,49,50)/p+1/b9-8+/t27-,28+,30+/m0/s1. The van der Waals surface area contributed by atoms with Crippen LogP contribution in [0, 0.1) is 13.8 Å². The largest absolute Gasteiger partial charge is 0.490 e. The molecule has 2 unspecified atom stereocenters. The number of nitrogens with zero attached hydrogens (tertiary/aromatic N) is 2. The van der Waals surface area contributed by atoms with E-state index in [-0.39, 0.29) is 34.7 Å². The first-order valence-corrected chi connectivity index (χ1v) is 23.7. The molecule has 0 aliphatic carbocycles. The first-order valence-electron chi connectivity index (χ1n) is 17.7. The van der Waals surface area contributed by atoms with Crippen LogP contribution in [-0.2, 0) is 48.6 Å². The van der Waals surface area contributed by atoms with Gasteiger partial charge in [0.15, 0.2) is 0 Å². The zero-order valence-corrected chi connectivity index (χ0v) is 35.5. The summed E-state index contributed by atoms with van der Waals surface area (Å²) in [5.74, 6) is -0.637. The Morgan fingerprint density at radius 1 is 0.967 bits per heavy atom. The van der Waals surface area contributed by atoms with E-state index in [9.17, 15) is 51.4 Å². The number of aliphatic hydroxyl groups excluding tert-OH is 1. The smallest absolute Gasteiger partial charge is 0.422 e. The van der Waals surface area contributed by atoms with Crippen LogP contribution >= 0.6 is 23.5 Å². The fourth-order valence-electron chi connectivity index (χ4n) is 6.61. The van der Waals surface area contributed by atoms with Crippen LogP contribution in [0.15, 0.2) is 87.4 Å². The van der Waals surface area contributed by atoms with Crippen molar-refractivity contribution in [3.8, 4) is 5.75 Å². The van der Waals surface area contributed by atoms with Gasteiger partial charge in [0.25, 0.3) is 5.56 Å². The van der Waals surface area contributed by atoms with Crippen LogP contribution < -0.4 is 25.3 Å². The predicted octanol–water partition coefficient (Wildman–Crippen LogP) is 2.49. The molecular formula is C35H38N4O18P3S+. The minimum Gasteiger partial charge on any atom is -0.422 e. The Balaban J connectivity index is 1.14. The van der Waals surface area contributed by atoms with Gasteiger partial charge in [0.2, 0.25) is 21.1 Å². The lowest BCUT2D eigenvalue weighted by Crippen LogP contribution is -2.33. The molecule has 1 aliphatic rings. The van der Waals surface area contributed by atoms with Crippen molar-refractivity contribution in [2.75, 3.05) is 13.2 Å². The number of aromatic amines is 1. The molecule has 26 heteroatoms. The number of fused-ring (bicyclic) bond motifs is 2. The van der Waals surface area contributed by atoms with E-state index in [1.165, 1.54) is 31.2 Å². The number of phosphoric ester groups is 1. The zero-order chi connectivity index (χ0) is 44.7. The first kappa shape index (κ1) is 46.0. The molecule has 61 heavy (non-hydrogen) atoms. The van der Waals surface area contributed by atoms with E-state index in [1.807, 2.05) is 35.9 Å². The summed E-state index contributed by atoms with van der Waals surface area (Å²) in [5.41, 5.74) is 0.485. The molecule has 0 bridgehead atoms. The van der Waals surface area contributed by atoms with Gasteiger partial charge in [-0.25, -0.2) is 36.4 Å². The third-order valence-electron chi connectivity index (χ3n) is 9.33. The average Bonchev–Trinajstić information content (AvgIpc) is 3.53. The topological polar surface area (TPSA) is 320 Å². The highest BCUT2D eigenvalue weighted by atomic mass is 32.2. The molecule has 2 aromatic heterocycles. The zero-order valence-electron chi connectivity index (χ0n) is 32.0. The third kappa shape index (κ3) is 10.6. The number of phosphoric acid groups is 3. The molecular weight excluding hydrogens is 889 g/mol. The molecule has 1 fully saturated rings. The minimum atomic E-state index is -5.81. The number of pyridine rings is 1. The van der Waals surface area contributed by atoms with E-state index in [0.29, 0.717) is 21.9 Å². The Kier molecular flexibility index (Phi) is 13.3. The van der Waals surface area contributed by atoms with Crippen LogP contribution in [0.1, 0.15) is 39.7 Å². The number of ether oxygens (including phenoxy) is 2. The maximum Gasteiger partial charge on any atom is 0.490 e. The highest BCUT2D eigenvalue weighted by Crippen LogP contribution is 2.66. The SMILES string of the molecule is Cc1ccc(S(=O)(=O)NC/C=C/c2cn([C@H]3C[C@H](O)[C@@H](COP(=O)(O)OP(=O)(O)OP(=O)(O)O)O3)c(=O)[nH]c2=O)c(C)c1OC(=O)c1c2ccccc2[n+](C)c2ccccc12. The number of benzene rings is 3. The normalized spacial score (nSPS) is 19.3. The Bertz CT molecular complexity index is 2910. The molecule has 1 saturated heterocycles. The molecule has 0 spiro atoms. The van der Waals surface area contributed by atoms with E-state index in [0.717, 1.165) is 21.8 Å². The van der Waals surface area contributed by atoms with E-state index >= 15 is 0 Å². The molecule has 5 atom stereocenters. The molecule has 3 heterocycles. The fourth-order valence-corrected chi connectivity index (χ4v) is 10.9. The van der Waals surface area contributed by atoms with Crippen molar-refractivity contribution < 1.29 is 78.8 Å². The van der Waals surface area contributed by atoms with Crippen molar-refractivity contribution in [1.82, 2.24) is 14.3 Å². The molecule has 7 N–H and O–H groups in total. The van der Waals surface area contributed by atoms with Gasteiger partial charge in [-0.3, -0.25) is 18.9 Å². The lowest BCUT2D eigenvalue weighted by atomic mass is 10.0. The molecule has 0 saturated carbocycles. The molecule has 1 aliphatic heterocycles. The van der Waals surface area contributed by atoms with Crippen LogP contribution in [0.25, 0.3) is 27.9 Å². The number of esters is 1. The van der Waals surface area contributed by atoms with Gasteiger partial charge in [0.05, 0.1) is 39.5 Å². The number of H-pyrrole nitrogens is 1. The third-order valence-corrected chi connectivity index (χ3v) is 14.7. The van der Waals surface area contributed by atoms with Crippen LogP contribution in [-0.4, -0.2) is 74.0 Å². The van der Waals surface area contributed by atoms with Crippen molar-refractivity contribution >= 4 is 67.3 Å². The number of rotatable bonds is 15. The van der Waals surface area contributed by atoms with Crippen molar-refractivity contribution in [3.63, 3.8) is 0 Å². The summed E-state index contributed by atoms with van der Waals surface area (Å²) in [6.07, 6.45) is -1.11. The number of carbonyl (C=O) groups excluding carboxylic acids is 1. The first-order chi connectivity index (χ1) is 28.5. The van der Waals surface area contributed by atoms with Gasteiger partial charge in [-0.15, -0.1) is 0 Å².